The van der Waals surface area contributed by atoms with Gasteiger partial charge >= 0.3 is 0 Å². The summed E-state index contributed by atoms with van der Waals surface area (Å²) in [5.74, 6) is 0.568. The molecular weight excluding hydrogens is 224 g/mol. The van der Waals surface area contributed by atoms with Gasteiger partial charge in [-0.2, -0.15) is 0 Å². The van der Waals surface area contributed by atoms with Crippen LogP contribution in [0.1, 0.15) is 40.5 Å². The molecule has 3 rings (SSSR count). The van der Waals surface area contributed by atoms with Crippen LogP contribution in [0, 0.1) is 0 Å². The van der Waals surface area contributed by atoms with Crippen molar-refractivity contribution in [3.8, 4) is 0 Å². The van der Waals surface area contributed by atoms with Gasteiger partial charge in [-0.15, -0.1) is 11.3 Å². The van der Waals surface area contributed by atoms with Crippen LogP contribution in [0.15, 0.2) is 5.51 Å². The third kappa shape index (κ3) is 1.74. The third-order valence-electron chi connectivity index (χ3n) is 3.20. The molecule has 2 fully saturated rings. The quantitative estimate of drug-likeness (QED) is 0.843. The maximum absolute atomic E-state index is 12.2. The van der Waals surface area contributed by atoms with Crippen molar-refractivity contribution in [1.82, 2.24) is 9.88 Å². The number of thiazole rings is 1. The summed E-state index contributed by atoms with van der Waals surface area (Å²) in [7, 11) is 0. The number of nitrogens with zero attached hydrogens (tertiary/aromatic N) is 2. The molecule has 0 spiro atoms. The summed E-state index contributed by atoms with van der Waals surface area (Å²) in [5.41, 5.74) is 2.74. The van der Waals surface area contributed by atoms with Crippen molar-refractivity contribution < 1.29 is 9.90 Å². The van der Waals surface area contributed by atoms with Crippen LogP contribution in [-0.4, -0.2) is 40.1 Å². The number of carbonyl (C=O) groups excluding carboxylic acids is 1. The topological polar surface area (TPSA) is 53.4 Å². The second-order valence-electron chi connectivity index (χ2n) is 4.53. The van der Waals surface area contributed by atoms with E-state index in [2.05, 4.69) is 4.98 Å². The first-order chi connectivity index (χ1) is 7.75. The molecule has 1 aromatic heterocycles. The Balaban J connectivity index is 1.80. The Hall–Kier alpha value is -0.940. The van der Waals surface area contributed by atoms with Crippen LogP contribution in [0.4, 0.5) is 0 Å². The molecule has 0 aromatic carbocycles. The summed E-state index contributed by atoms with van der Waals surface area (Å²) in [6.07, 6.45) is 2.67. The highest BCUT2D eigenvalue weighted by Crippen LogP contribution is 2.42. The molecule has 1 aliphatic heterocycles. The predicted octanol–water partition coefficient (Wildman–Crippen LogP) is 1.23. The number of hydrogen-bond acceptors (Lipinski definition) is 4. The van der Waals surface area contributed by atoms with Crippen molar-refractivity contribution in [1.29, 1.82) is 0 Å². The van der Waals surface area contributed by atoms with Gasteiger partial charge in [0.2, 0.25) is 0 Å². The number of β-amino-alcohol motifs (C(OH)–C–C–N with tert-alkyl or cyclic N) is 1. The van der Waals surface area contributed by atoms with Gasteiger partial charge < -0.3 is 10.0 Å². The van der Waals surface area contributed by atoms with Crippen molar-refractivity contribution >= 4 is 17.2 Å². The number of aromatic nitrogens is 1. The van der Waals surface area contributed by atoms with E-state index >= 15 is 0 Å². The van der Waals surface area contributed by atoms with Crippen molar-refractivity contribution in [2.45, 2.75) is 31.3 Å². The molecule has 1 aliphatic carbocycles. The van der Waals surface area contributed by atoms with Gasteiger partial charge in [0, 0.05) is 19.0 Å². The Bertz CT molecular complexity index is 414. The number of carbonyl (C=O) groups is 1. The fourth-order valence-corrected chi connectivity index (χ4v) is 2.97. The first-order valence-corrected chi connectivity index (χ1v) is 6.54. The lowest BCUT2D eigenvalue weighted by atomic mass is 10.2. The van der Waals surface area contributed by atoms with Crippen molar-refractivity contribution in [2.75, 3.05) is 13.1 Å². The van der Waals surface area contributed by atoms with Gasteiger partial charge in [0.25, 0.3) is 5.91 Å². The number of aliphatic hydroxyl groups excluding tert-OH is 1. The summed E-state index contributed by atoms with van der Waals surface area (Å²) in [6, 6.07) is 0. The number of hydrogen-bond donors (Lipinski definition) is 1. The van der Waals surface area contributed by atoms with Crippen molar-refractivity contribution in [3.63, 3.8) is 0 Å². The van der Waals surface area contributed by atoms with Crippen LogP contribution in [0.25, 0.3) is 0 Å². The molecule has 1 amide bonds. The molecule has 0 radical (unpaired) electrons. The van der Waals surface area contributed by atoms with E-state index in [0.29, 0.717) is 25.4 Å². The number of amides is 1. The van der Waals surface area contributed by atoms with E-state index in [0.717, 1.165) is 23.4 Å². The maximum atomic E-state index is 12.2. The lowest BCUT2D eigenvalue weighted by Gasteiger charge is -2.14. The van der Waals surface area contributed by atoms with Crippen LogP contribution < -0.4 is 0 Å². The molecule has 1 saturated carbocycles. The minimum Gasteiger partial charge on any atom is -0.391 e. The summed E-state index contributed by atoms with van der Waals surface area (Å²) < 4.78 is 0. The van der Waals surface area contributed by atoms with Gasteiger partial charge in [-0.25, -0.2) is 4.98 Å². The molecule has 0 bridgehead atoms. The van der Waals surface area contributed by atoms with E-state index in [1.807, 2.05) is 0 Å². The zero-order chi connectivity index (χ0) is 11.1. The second-order valence-corrected chi connectivity index (χ2v) is 5.39. The average Bonchev–Trinajstić information content (AvgIpc) is 2.85. The van der Waals surface area contributed by atoms with E-state index in [4.69, 9.17) is 0 Å². The molecule has 1 N–H and O–H groups in total. The highest BCUT2D eigenvalue weighted by atomic mass is 32.1. The zero-order valence-electron chi connectivity index (χ0n) is 8.93. The molecule has 2 aliphatic rings. The minimum absolute atomic E-state index is 0.0564. The van der Waals surface area contributed by atoms with Crippen LogP contribution in [0.3, 0.4) is 0 Å². The molecule has 1 aromatic rings. The Morgan fingerprint density at radius 2 is 2.31 bits per heavy atom. The van der Waals surface area contributed by atoms with Gasteiger partial charge in [-0.05, 0) is 19.3 Å². The fraction of sp³-hybridized carbons (Fsp3) is 0.636. The first kappa shape index (κ1) is 10.2. The summed E-state index contributed by atoms with van der Waals surface area (Å²) in [6.45, 7) is 1.14. The fourth-order valence-electron chi connectivity index (χ4n) is 2.13. The van der Waals surface area contributed by atoms with E-state index in [1.165, 1.54) is 11.3 Å². The first-order valence-electron chi connectivity index (χ1n) is 5.66. The Kier molecular flexibility index (Phi) is 2.44. The molecule has 0 unspecified atom stereocenters. The summed E-state index contributed by atoms with van der Waals surface area (Å²) in [4.78, 5) is 19.0. The lowest BCUT2D eigenvalue weighted by molar-refractivity contribution is 0.0768. The van der Waals surface area contributed by atoms with Crippen LogP contribution >= 0.6 is 11.3 Å². The largest absolute Gasteiger partial charge is 0.391 e. The van der Waals surface area contributed by atoms with E-state index in [-0.39, 0.29) is 12.0 Å². The Morgan fingerprint density at radius 3 is 2.94 bits per heavy atom. The van der Waals surface area contributed by atoms with Gasteiger partial charge in [-0.3, -0.25) is 4.79 Å². The average molecular weight is 238 g/mol. The van der Waals surface area contributed by atoms with Crippen LogP contribution in [0.2, 0.25) is 0 Å². The summed E-state index contributed by atoms with van der Waals surface area (Å²) in [5, 5.41) is 9.43. The van der Waals surface area contributed by atoms with E-state index in [1.54, 1.807) is 10.4 Å². The lowest BCUT2D eigenvalue weighted by Crippen LogP contribution is -2.29. The molecule has 4 nitrogen and oxygen atoms in total. The normalized spacial score (nSPS) is 25.1. The molecule has 16 heavy (non-hydrogen) atoms. The highest BCUT2D eigenvalue weighted by Gasteiger charge is 2.33. The SMILES string of the molecule is O=C(c1scnc1C1CC1)N1CC[C@@H](O)C1. The number of aliphatic hydroxyl groups is 1. The van der Waals surface area contributed by atoms with Crippen LogP contribution in [0.5, 0.6) is 0 Å². The van der Waals surface area contributed by atoms with E-state index < -0.39 is 0 Å². The smallest absolute Gasteiger partial charge is 0.265 e. The minimum atomic E-state index is -0.346. The number of likely N-dealkylation sites (tertiary alicyclic amines) is 1. The van der Waals surface area contributed by atoms with Crippen LogP contribution in [-0.2, 0) is 0 Å². The molecule has 86 valence electrons. The van der Waals surface area contributed by atoms with Crippen molar-refractivity contribution in [3.05, 3.63) is 16.1 Å². The molecule has 2 heterocycles. The Labute approximate surface area is 97.9 Å². The second kappa shape index (κ2) is 3.82. The van der Waals surface area contributed by atoms with E-state index in [9.17, 15) is 9.90 Å². The van der Waals surface area contributed by atoms with Crippen molar-refractivity contribution in [2.24, 2.45) is 0 Å². The number of rotatable bonds is 2. The zero-order valence-corrected chi connectivity index (χ0v) is 9.74. The molecular formula is C11H14N2O2S. The monoisotopic (exact) mass is 238 g/mol. The van der Waals surface area contributed by atoms with Gasteiger partial charge in [0.1, 0.15) is 4.88 Å². The maximum Gasteiger partial charge on any atom is 0.265 e. The predicted molar refractivity (Wildman–Crippen MR) is 60.6 cm³/mol. The molecule has 5 heteroatoms. The standard InChI is InChI=1S/C11H14N2O2S/c14-8-3-4-13(5-8)11(15)10-9(7-1-2-7)12-6-16-10/h6-8,14H,1-5H2/t8-/m1/s1. The third-order valence-corrected chi connectivity index (χ3v) is 4.03. The highest BCUT2D eigenvalue weighted by molar-refractivity contribution is 7.11. The van der Waals surface area contributed by atoms with Gasteiger partial charge in [-0.1, -0.05) is 0 Å². The van der Waals surface area contributed by atoms with Gasteiger partial charge in [0.15, 0.2) is 0 Å². The molecule has 1 atom stereocenters. The van der Waals surface area contributed by atoms with Gasteiger partial charge in [0.05, 0.1) is 17.3 Å². The molecule has 1 saturated heterocycles. The Morgan fingerprint density at radius 1 is 1.50 bits per heavy atom. The summed E-state index contributed by atoms with van der Waals surface area (Å²) >= 11 is 1.43.